The Balaban J connectivity index is 1.56. The molecule has 0 amide bonds. The highest BCUT2D eigenvalue weighted by atomic mass is 19.4. The average Bonchev–Trinajstić information content (AvgIpc) is 2.92. The fraction of sp³-hybridized carbons (Fsp3) is 0.161. The molecule has 0 aliphatic heterocycles. The molecule has 0 unspecified atom stereocenters. The summed E-state index contributed by atoms with van der Waals surface area (Å²) in [6.45, 7) is 1.66. The third kappa shape index (κ3) is 8.10. The Morgan fingerprint density at radius 1 is 0.596 bits per heavy atom. The van der Waals surface area contributed by atoms with Crippen LogP contribution in [0.5, 0.6) is 17.2 Å². The Kier molecular flexibility index (Phi) is 9.73. The summed E-state index contributed by atoms with van der Waals surface area (Å²) >= 11 is 0. The highest BCUT2D eigenvalue weighted by molar-refractivity contribution is 5.66. The number of rotatable bonds is 10. The van der Waals surface area contributed by atoms with Crippen LogP contribution in [0.15, 0.2) is 73.0 Å². The van der Waals surface area contributed by atoms with Gasteiger partial charge in [0.25, 0.3) is 0 Å². The van der Waals surface area contributed by atoms with E-state index in [4.69, 9.17) is 0 Å². The summed E-state index contributed by atoms with van der Waals surface area (Å²) in [6.07, 6.45) is -14.5. The van der Waals surface area contributed by atoms with E-state index in [0.29, 0.717) is 18.1 Å². The van der Waals surface area contributed by atoms with Crippen molar-refractivity contribution in [1.29, 1.82) is 0 Å². The largest absolute Gasteiger partial charge is 0.459 e. The second-order valence-corrected chi connectivity index (χ2v) is 9.54. The van der Waals surface area contributed by atoms with Crippen molar-refractivity contribution in [1.82, 2.24) is 0 Å². The van der Waals surface area contributed by atoms with Gasteiger partial charge in [0.15, 0.2) is 17.4 Å². The van der Waals surface area contributed by atoms with Crippen molar-refractivity contribution < 1.29 is 71.3 Å². The Hall–Kier alpha value is -4.89. The van der Waals surface area contributed by atoms with E-state index in [2.05, 4.69) is 14.2 Å². The van der Waals surface area contributed by atoms with Crippen molar-refractivity contribution in [2.24, 2.45) is 0 Å². The number of allylic oxidation sites excluding steroid dienone is 1. The quantitative estimate of drug-likeness (QED) is 0.123. The van der Waals surface area contributed by atoms with Gasteiger partial charge in [0.1, 0.15) is 40.3 Å². The third-order valence-electron chi connectivity index (χ3n) is 6.25. The van der Waals surface area contributed by atoms with Gasteiger partial charge in [-0.25, -0.2) is 26.3 Å². The fourth-order valence-electron chi connectivity index (χ4n) is 4.10. The first-order chi connectivity index (χ1) is 21.8. The van der Waals surface area contributed by atoms with Crippen LogP contribution in [0.1, 0.15) is 23.6 Å². The Morgan fingerprint density at radius 3 is 1.70 bits per heavy atom. The highest BCUT2D eigenvalue weighted by Crippen LogP contribution is 2.40. The normalized spacial score (nSPS) is 12.5. The lowest BCUT2D eigenvalue weighted by Crippen LogP contribution is -2.25. The van der Waals surface area contributed by atoms with Gasteiger partial charge in [0.05, 0.1) is 17.9 Å². The summed E-state index contributed by atoms with van der Waals surface area (Å²) in [4.78, 5) is 0. The van der Waals surface area contributed by atoms with Crippen LogP contribution in [0.3, 0.4) is 0 Å². The Morgan fingerprint density at radius 2 is 1.17 bits per heavy atom. The molecule has 0 saturated carbocycles. The van der Waals surface area contributed by atoms with Crippen LogP contribution in [-0.4, -0.2) is 6.18 Å². The number of ether oxygens (including phenoxy) is 3. The second-order valence-electron chi connectivity index (χ2n) is 9.54. The smallest absolute Gasteiger partial charge is 0.432 e. The van der Waals surface area contributed by atoms with Crippen LogP contribution < -0.4 is 14.2 Å². The third-order valence-corrected chi connectivity index (χ3v) is 6.25. The van der Waals surface area contributed by atoms with Crippen molar-refractivity contribution in [2.75, 3.05) is 0 Å². The number of halogens is 13. The molecule has 0 aliphatic rings. The molecule has 0 aliphatic carbocycles. The molecule has 0 heterocycles. The van der Waals surface area contributed by atoms with Crippen LogP contribution in [0.2, 0.25) is 0 Å². The van der Waals surface area contributed by atoms with Crippen LogP contribution in [0.25, 0.3) is 11.1 Å². The summed E-state index contributed by atoms with van der Waals surface area (Å²) in [5, 5.41) is 0. The minimum Gasteiger partial charge on any atom is -0.459 e. The SMILES string of the molecule is CCc1ccc(C(F)(F)Oc2ccc(-c3cc(F)c(C(F)(F)Oc4cc(F)c(OC=CC(F)(F)F)c(F)c4)c(F)c3)c(F)c2)c(F)c1. The highest BCUT2D eigenvalue weighted by Gasteiger charge is 2.42. The van der Waals surface area contributed by atoms with Gasteiger partial charge in [-0.1, -0.05) is 13.0 Å². The molecule has 3 nitrogen and oxygen atoms in total. The van der Waals surface area contributed by atoms with E-state index in [9.17, 15) is 57.1 Å². The van der Waals surface area contributed by atoms with Crippen LogP contribution in [0, 0.1) is 34.9 Å². The molecular formula is C31H17F13O3. The summed E-state index contributed by atoms with van der Waals surface area (Å²) in [5.74, 6) is -14.1. The summed E-state index contributed by atoms with van der Waals surface area (Å²) in [6, 6.07) is 5.22. The molecule has 4 aromatic carbocycles. The van der Waals surface area contributed by atoms with E-state index in [1.165, 1.54) is 6.07 Å². The molecule has 0 aromatic heterocycles. The molecule has 0 fully saturated rings. The van der Waals surface area contributed by atoms with Crippen LogP contribution in [0.4, 0.5) is 57.1 Å². The minimum absolute atomic E-state index is 0.0368. The lowest BCUT2D eigenvalue weighted by molar-refractivity contribution is -0.190. The molecule has 0 saturated heterocycles. The molecule has 4 aromatic rings. The van der Waals surface area contributed by atoms with Crippen LogP contribution in [-0.2, 0) is 18.6 Å². The predicted octanol–water partition coefficient (Wildman–Crippen LogP) is 10.5. The Labute approximate surface area is 256 Å². The maximum atomic E-state index is 14.9. The van der Waals surface area contributed by atoms with Gasteiger partial charge in [-0.2, -0.15) is 30.7 Å². The zero-order chi connectivity index (χ0) is 34.9. The van der Waals surface area contributed by atoms with E-state index in [1.807, 2.05) is 0 Å². The van der Waals surface area contributed by atoms with Crippen molar-refractivity contribution in [3.05, 3.63) is 125 Å². The molecule has 0 radical (unpaired) electrons. The molecule has 0 N–H and O–H groups in total. The van der Waals surface area contributed by atoms with E-state index in [0.717, 1.165) is 24.3 Å². The minimum atomic E-state index is -4.98. The van der Waals surface area contributed by atoms with Gasteiger partial charge < -0.3 is 14.2 Å². The number of hydrogen-bond donors (Lipinski definition) is 0. The van der Waals surface area contributed by atoms with Gasteiger partial charge in [0.2, 0.25) is 0 Å². The monoisotopic (exact) mass is 684 g/mol. The van der Waals surface area contributed by atoms with E-state index in [-0.39, 0.29) is 30.5 Å². The maximum Gasteiger partial charge on any atom is 0.432 e. The molecule has 4 rings (SSSR count). The molecule has 0 atom stereocenters. The topological polar surface area (TPSA) is 27.7 Å². The number of hydrogen-bond acceptors (Lipinski definition) is 3. The van der Waals surface area contributed by atoms with Crippen molar-refractivity contribution in [2.45, 2.75) is 31.7 Å². The Bertz CT molecular complexity index is 1770. The van der Waals surface area contributed by atoms with Gasteiger partial charge in [-0.3, -0.25) is 0 Å². The molecule has 16 heteroatoms. The molecular weight excluding hydrogens is 667 g/mol. The lowest BCUT2D eigenvalue weighted by atomic mass is 10.0. The fourth-order valence-corrected chi connectivity index (χ4v) is 4.10. The molecule has 0 spiro atoms. The van der Waals surface area contributed by atoms with E-state index in [1.54, 1.807) is 6.92 Å². The van der Waals surface area contributed by atoms with Gasteiger partial charge in [-0.15, -0.1) is 0 Å². The zero-order valence-corrected chi connectivity index (χ0v) is 23.3. The number of alkyl halides is 7. The molecule has 250 valence electrons. The average molecular weight is 684 g/mol. The summed E-state index contributed by atoms with van der Waals surface area (Å²) in [7, 11) is 0. The van der Waals surface area contributed by atoms with Crippen molar-refractivity contribution in [3.8, 4) is 28.4 Å². The molecule has 47 heavy (non-hydrogen) atoms. The van der Waals surface area contributed by atoms with Gasteiger partial charge >= 0.3 is 18.4 Å². The van der Waals surface area contributed by atoms with Gasteiger partial charge in [0, 0.05) is 23.8 Å². The van der Waals surface area contributed by atoms with Crippen molar-refractivity contribution >= 4 is 0 Å². The maximum absolute atomic E-state index is 14.9. The number of aryl methyl sites for hydroxylation is 1. The first kappa shape index (κ1) is 35.0. The zero-order valence-electron chi connectivity index (χ0n) is 23.3. The van der Waals surface area contributed by atoms with Gasteiger partial charge in [-0.05, 0) is 53.9 Å². The summed E-state index contributed by atoms with van der Waals surface area (Å²) < 4.78 is 195. The standard InChI is InChI=1S/C31H17F13O3/c1-2-15-3-6-20(22(33)9-15)30(41,42)46-17-4-5-19(21(32)12-17)16-10-23(34)27(24(35)11-16)31(43,44)47-18-13-25(36)28(26(37)14-18)45-8-7-29(38,39)40/h3-14H,2H2,1H3. The summed E-state index contributed by atoms with van der Waals surface area (Å²) in [5.41, 5.74) is -4.21. The lowest BCUT2D eigenvalue weighted by Gasteiger charge is -2.21. The van der Waals surface area contributed by atoms with E-state index >= 15 is 0 Å². The first-order valence-corrected chi connectivity index (χ1v) is 12.9. The predicted molar refractivity (Wildman–Crippen MR) is 139 cm³/mol. The van der Waals surface area contributed by atoms with Crippen LogP contribution >= 0.6 is 0 Å². The molecule has 0 bridgehead atoms. The number of benzene rings is 4. The second kappa shape index (κ2) is 13.1. The first-order valence-electron chi connectivity index (χ1n) is 12.9. The van der Waals surface area contributed by atoms with Crippen molar-refractivity contribution in [3.63, 3.8) is 0 Å². The van der Waals surface area contributed by atoms with E-state index < -0.39 is 98.9 Å².